The maximum absolute atomic E-state index is 11.4. The second kappa shape index (κ2) is 6.02. The zero-order valence-electron chi connectivity index (χ0n) is 9.20. The van der Waals surface area contributed by atoms with E-state index in [0.717, 1.165) is 0 Å². The van der Waals surface area contributed by atoms with Crippen LogP contribution in [0.5, 0.6) is 0 Å². The van der Waals surface area contributed by atoms with Gasteiger partial charge in [-0.25, -0.2) is 4.79 Å². The van der Waals surface area contributed by atoms with E-state index in [-0.39, 0.29) is 29.2 Å². The van der Waals surface area contributed by atoms with Gasteiger partial charge >= 0.3 is 5.97 Å². The molecule has 1 aromatic rings. The largest absolute Gasteiger partial charge is 0.465 e. The van der Waals surface area contributed by atoms with E-state index < -0.39 is 5.97 Å². The lowest BCUT2D eigenvalue weighted by atomic mass is 10.0. The summed E-state index contributed by atoms with van der Waals surface area (Å²) in [6.45, 7) is 0. The van der Waals surface area contributed by atoms with E-state index in [4.69, 9.17) is 16.9 Å². The van der Waals surface area contributed by atoms with Gasteiger partial charge < -0.3 is 4.74 Å². The van der Waals surface area contributed by atoms with Gasteiger partial charge in [-0.3, -0.25) is 4.79 Å². The van der Waals surface area contributed by atoms with Gasteiger partial charge in [0.05, 0.1) is 24.1 Å². The summed E-state index contributed by atoms with van der Waals surface area (Å²) < 4.78 is 4.56. The molecular formula is C12H10ClNO3. The quantitative estimate of drug-likeness (QED) is 0.603. The highest BCUT2D eigenvalue weighted by Gasteiger charge is 2.13. The summed E-state index contributed by atoms with van der Waals surface area (Å²) in [7, 11) is 1.24. The van der Waals surface area contributed by atoms with E-state index >= 15 is 0 Å². The number of nitriles is 1. The van der Waals surface area contributed by atoms with Crippen LogP contribution in [0.15, 0.2) is 18.2 Å². The minimum Gasteiger partial charge on any atom is -0.465 e. The number of esters is 1. The maximum Gasteiger partial charge on any atom is 0.339 e. The third-order valence-corrected chi connectivity index (χ3v) is 2.46. The lowest BCUT2D eigenvalue weighted by Gasteiger charge is -2.04. The fourth-order valence-corrected chi connectivity index (χ4v) is 1.45. The molecule has 1 aromatic carbocycles. The number of carbonyl (C=O) groups excluding carboxylic acids is 2. The average Bonchev–Trinajstić information content (AvgIpc) is 2.37. The van der Waals surface area contributed by atoms with Crippen molar-refractivity contribution in [2.75, 3.05) is 13.0 Å². The van der Waals surface area contributed by atoms with Gasteiger partial charge in [-0.1, -0.05) is 6.07 Å². The van der Waals surface area contributed by atoms with Crippen LogP contribution in [0.3, 0.4) is 0 Å². The molecule has 5 heteroatoms. The molecule has 0 atom stereocenters. The molecule has 0 N–H and O–H groups in total. The van der Waals surface area contributed by atoms with Crippen LogP contribution < -0.4 is 0 Å². The zero-order chi connectivity index (χ0) is 12.8. The number of Topliss-reactive ketones (excluding diaryl/α,β-unsaturated/α-hetero) is 1. The molecule has 0 aliphatic heterocycles. The predicted octanol–water partition coefficient (Wildman–Crippen LogP) is 1.70. The molecule has 0 spiro atoms. The number of hydrogen-bond donors (Lipinski definition) is 0. The Balaban J connectivity index is 3.10. The summed E-state index contributed by atoms with van der Waals surface area (Å²) in [5.74, 6) is -0.818. The molecule has 1 rings (SSSR count). The highest BCUT2D eigenvalue weighted by Crippen LogP contribution is 2.13. The average molecular weight is 252 g/mol. The summed E-state index contributed by atoms with van der Waals surface area (Å²) in [5, 5.41) is 8.84. The van der Waals surface area contributed by atoms with Crippen molar-refractivity contribution in [2.45, 2.75) is 6.42 Å². The first kappa shape index (κ1) is 13.2. The Morgan fingerprint density at radius 2 is 2.18 bits per heavy atom. The molecule has 0 aliphatic rings. The summed E-state index contributed by atoms with van der Waals surface area (Å²) in [5.41, 5.74) is 1.02. The van der Waals surface area contributed by atoms with Crippen LogP contribution in [-0.4, -0.2) is 24.7 Å². The van der Waals surface area contributed by atoms with Crippen LogP contribution in [0, 0.1) is 11.3 Å². The minimum atomic E-state index is -0.596. The fraction of sp³-hybridized carbons (Fsp3) is 0.250. The third kappa shape index (κ3) is 3.30. The Kier molecular flexibility index (Phi) is 4.68. The van der Waals surface area contributed by atoms with Crippen LogP contribution in [0.25, 0.3) is 0 Å². The van der Waals surface area contributed by atoms with Gasteiger partial charge in [-0.2, -0.15) is 5.26 Å². The number of carbonyl (C=O) groups is 2. The van der Waals surface area contributed by atoms with Crippen LogP contribution >= 0.6 is 11.6 Å². The number of ether oxygens (including phenoxy) is 1. The molecule has 0 unspecified atom stereocenters. The molecule has 0 fully saturated rings. The smallest absolute Gasteiger partial charge is 0.339 e. The minimum absolute atomic E-state index is 0.0758. The van der Waals surface area contributed by atoms with Crippen molar-refractivity contribution in [3.63, 3.8) is 0 Å². The van der Waals surface area contributed by atoms with Gasteiger partial charge in [0.15, 0.2) is 5.78 Å². The second-order valence-corrected chi connectivity index (χ2v) is 3.60. The van der Waals surface area contributed by atoms with Gasteiger partial charge in [0, 0.05) is 6.42 Å². The molecule has 88 valence electrons. The Hall–Kier alpha value is -1.86. The van der Waals surface area contributed by atoms with E-state index in [0.29, 0.717) is 5.56 Å². The number of halogens is 1. The Morgan fingerprint density at radius 3 is 2.71 bits per heavy atom. The number of hydrogen-bond acceptors (Lipinski definition) is 4. The van der Waals surface area contributed by atoms with Crippen molar-refractivity contribution in [2.24, 2.45) is 0 Å². The summed E-state index contributed by atoms with van der Waals surface area (Å²) in [6, 6.07) is 6.48. The fourth-order valence-electron chi connectivity index (χ4n) is 1.35. The Bertz CT molecular complexity index is 491. The van der Waals surface area contributed by atoms with Gasteiger partial charge in [0.1, 0.15) is 6.07 Å². The summed E-state index contributed by atoms with van der Waals surface area (Å²) in [4.78, 5) is 22.6. The molecule has 0 saturated carbocycles. The van der Waals surface area contributed by atoms with Crippen LogP contribution in [0.4, 0.5) is 0 Å². The van der Waals surface area contributed by atoms with Crippen LogP contribution in [-0.2, 0) is 16.0 Å². The first-order valence-corrected chi connectivity index (χ1v) is 5.34. The Morgan fingerprint density at radius 1 is 1.47 bits per heavy atom. The molecule has 0 aliphatic carbocycles. The maximum atomic E-state index is 11.4. The van der Waals surface area contributed by atoms with Crippen molar-refractivity contribution in [1.82, 2.24) is 0 Å². The van der Waals surface area contributed by atoms with Crippen molar-refractivity contribution < 1.29 is 14.3 Å². The molecular weight excluding hydrogens is 242 g/mol. The molecule has 0 heterocycles. The van der Waals surface area contributed by atoms with E-state index in [1.165, 1.54) is 19.2 Å². The zero-order valence-corrected chi connectivity index (χ0v) is 9.95. The number of nitrogens with zero attached hydrogens (tertiary/aromatic N) is 1. The molecule has 0 saturated heterocycles. The monoisotopic (exact) mass is 251 g/mol. The first-order valence-electron chi connectivity index (χ1n) is 4.81. The van der Waals surface area contributed by atoms with Gasteiger partial charge in [-0.15, -0.1) is 11.6 Å². The number of methoxy groups -OCH3 is 1. The second-order valence-electron chi connectivity index (χ2n) is 3.33. The topological polar surface area (TPSA) is 67.2 Å². The SMILES string of the molecule is COC(=O)c1cc(CC(=O)CCl)ccc1C#N. The van der Waals surface area contributed by atoms with Crippen molar-refractivity contribution in [1.29, 1.82) is 5.26 Å². The van der Waals surface area contributed by atoms with Gasteiger partial charge in [0.2, 0.25) is 0 Å². The van der Waals surface area contributed by atoms with Crippen molar-refractivity contribution in [3.8, 4) is 6.07 Å². The lowest BCUT2D eigenvalue weighted by molar-refractivity contribution is -0.116. The number of benzene rings is 1. The number of rotatable bonds is 4. The highest BCUT2D eigenvalue weighted by molar-refractivity contribution is 6.27. The molecule has 17 heavy (non-hydrogen) atoms. The highest BCUT2D eigenvalue weighted by atomic mass is 35.5. The van der Waals surface area contributed by atoms with Crippen LogP contribution in [0.2, 0.25) is 0 Å². The Labute approximate surface area is 104 Å². The number of ketones is 1. The molecule has 0 amide bonds. The normalized spacial score (nSPS) is 9.47. The van der Waals surface area contributed by atoms with E-state index in [1.807, 2.05) is 6.07 Å². The number of alkyl halides is 1. The molecule has 0 bridgehead atoms. The van der Waals surface area contributed by atoms with E-state index in [1.54, 1.807) is 6.07 Å². The summed E-state index contributed by atoms with van der Waals surface area (Å²) in [6.07, 6.45) is 0.138. The van der Waals surface area contributed by atoms with Crippen molar-refractivity contribution in [3.05, 3.63) is 34.9 Å². The third-order valence-electron chi connectivity index (χ3n) is 2.16. The molecule has 4 nitrogen and oxygen atoms in total. The predicted molar refractivity (Wildman–Crippen MR) is 61.9 cm³/mol. The molecule has 0 aromatic heterocycles. The summed E-state index contributed by atoms with van der Waals surface area (Å²) >= 11 is 5.40. The lowest BCUT2D eigenvalue weighted by Crippen LogP contribution is -2.08. The van der Waals surface area contributed by atoms with E-state index in [2.05, 4.69) is 4.74 Å². The van der Waals surface area contributed by atoms with Crippen molar-refractivity contribution >= 4 is 23.4 Å². The first-order chi connectivity index (χ1) is 8.12. The van der Waals surface area contributed by atoms with E-state index in [9.17, 15) is 9.59 Å². The van der Waals surface area contributed by atoms with Crippen LogP contribution in [0.1, 0.15) is 21.5 Å². The molecule has 0 radical (unpaired) electrons. The van der Waals surface area contributed by atoms with Gasteiger partial charge in [0.25, 0.3) is 0 Å². The standard InChI is InChI=1S/C12H10ClNO3/c1-17-12(16)11-5-8(4-10(15)6-13)2-3-9(11)7-14/h2-3,5H,4,6H2,1H3. The van der Waals surface area contributed by atoms with Gasteiger partial charge in [-0.05, 0) is 17.7 Å².